The molecule has 2 atom stereocenters. The first kappa shape index (κ1) is 13.3. The molecule has 2 unspecified atom stereocenters. The topological polar surface area (TPSA) is 42.5 Å². The fourth-order valence-corrected chi connectivity index (χ4v) is 2.24. The maximum atomic E-state index is 13.7. The zero-order chi connectivity index (χ0) is 13.0. The molecule has 0 amide bonds. The van der Waals surface area contributed by atoms with E-state index in [9.17, 15) is 4.39 Å². The first-order valence-corrected chi connectivity index (χ1v) is 6.09. The van der Waals surface area contributed by atoms with E-state index in [1.165, 1.54) is 13.2 Å². The minimum Gasteiger partial charge on any atom is -0.494 e. The summed E-state index contributed by atoms with van der Waals surface area (Å²) in [5.41, 5.74) is 0.865. The van der Waals surface area contributed by atoms with Gasteiger partial charge >= 0.3 is 0 Å². The predicted molar refractivity (Wildman–Crippen MR) is 67.4 cm³/mol. The maximum absolute atomic E-state index is 13.7. The number of nitrogens with one attached hydrogen (secondary N) is 2. The van der Waals surface area contributed by atoms with Crippen LogP contribution in [0.5, 0.6) is 5.75 Å². The van der Waals surface area contributed by atoms with E-state index in [0.29, 0.717) is 6.61 Å². The highest BCUT2D eigenvalue weighted by atomic mass is 19.1. The van der Waals surface area contributed by atoms with Gasteiger partial charge in [-0.2, -0.15) is 0 Å². The Morgan fingerprint density at radius 1 is 1.56 bits per heavy atom. The second kappa shape index (κ2) is 6.13. The van der Waals surface area contributed by atoms with Crippen molar-refractivity contribution in [1.29, 1.82) is 0 Å². The second-order valence-corrected chi connectivity index (χ2v) is 4.27. The summed E-state index contributed by atoms with van der Waals surface area (Å²) >= 11 is 0. The summed E-state index contributed by atoms with van der Waals surface area (Å²) < 4.78 is 24.3. The Hall–Kier alpha value is -1.17. The molecule has 2 N–H and O–H groups in total. The van der Waals surface area contributed by atoms with E-state index in [2.05, 4.69) is 10.6 Å². The van der Waals surface area contributed by atoms with Crippen molar-refractivity contribution in [3.8, 4) is 5.75 Å². The molecule has 100 valence electrons. The molecule has 1 fully saturated rings. The van der Waals surface area contributed by atoms with Crippen molar-refractivity contribution >= 4 is 0 Å². The van der Waals surface area contributed by atoms with E-state index in [-0.39, 0.29) is 23.7 Å². The van der Waals surface area contributed by atoms with Gasteiger partial charge in [0, 0.05) is 13.1 Å². The van der Waals surface area contributed by atoms with E-state index in [1.54, 1.807) is 6.07 Å². The third-order valence-corrected chi connectivity index (χ3v) is 3.17. The van der Waals surface area contributed by atoms with Crippen molar-refractivity contribution in [2.24, 2.45) is 0 Å². The Bertz CT molecular complexity index is 395. The van der Waals surface area contributed by atoms with Gasteiger partial charge < -0.3 is 20.1 Å². The molecule has 0 saturated carbocycles. The first-order chi connectivity index (χ1) is 8.76. The lowest BCUT2D eigenvalue weighted by molar-refractivity contribution is 0.00531. The van der Waals surface area contributed by atoms with Crippen LogP contribution in [-0.4, -0.2) is 40.0 Å². The van der Waals surface area contributed by atoms with Crippen LogP contribution in [0, 0.1) is 5.82 Å². The van der Waals surface area contributed by atoms with Gasteiger partial charge in [0.1, 0.15) is 0 Å². The zero-order valence-corrected chi connectivity index (χ0v) is 10.7. The highest BCUT2D eigenvalue weighted by Crippen LogP contribution is 2.25. The van der Waals surface area contributed by atoms with Gasteiger partial charge in [-0.15, -0.1) is 0 Å². The van der Waals surface area contributed by atoms with Gasteiger partial charge in [-0.3, -0.25) is 0 Å². The molecule has 5 heteroatoms. The molecule has 1 aromatic carbocycles. The van der Waals surface area contributed by atoms with Gasteiger partial charge in [0.05, 0.1) is 25.9 Å². The fourth-order valence-electron chi connectivity index (χ4n) is 2.24. The molecule has 1 aliphatic heterocycles. The average molecular weight is 254 g/mol. The minimum absolute atomic E-state index is 0.0107. The van der Waals surface area contributed by atoms with Crippen LogP contribution < -0.4 is 15.4 Å². The van der Waals surface area contributed by atoms with E-state index in [4.69, 9.17) is 9.47 Å². The third-order valence-electron chi connectivity index (χ3n) is 3.17. The van der Waals surface area contributed by atoms with Crippen molar-refractivity contribution in [2.45, 2.75) is 12.1 Å². The van der Waals surface area contributed by atoms with Crippen molar-refractivity contribution in [2.75, 3.05) is 33.9 Å². The maximum Gasteiger partial charge on any atom is 0.165 e. The molecule has 18 heavy (non-hydrogen) atoms. The lowest BCUT2D eigenvalue weighted by atomic mass is 10.0. The lowest BCUT2D eigenvalue weighted by Crippen LogP contribution is -2.45. The molecule has 0 bridgehead atoms. The number of hydrogen-bond donors (Lipinski definition) is 2. The van der Waals surface area contributed by atoms with Gasteiger partial charge in [0.15, 0.2) is 11.6 Å². The summed E-state index contributed by atoms with van der Waals surface area (Å²) in [6.45, 7) is 2.31. The van der Waals surface area contributed by atoms with Crippen LogP contribution >= 0.6 is 0 Å². The summed E-state index contributed by atoms with van der Waals surface area (Å²) in [7, 11) is 3.31. The van der Waals surface area contributed by atoms with Gasteiger partial charge in [-0.25, -0.2) is 4.39 Å². The van der Waals surface area contributed by atoms with Crippen LogP contribution in [0.3, 0.4) is 0 Å². The Kier molecular flexibility index (Phi) is 4.52. The van der Waals surface area contributed by atoms with E-state index in [1.807, 2.05) is 13.1 Å². The molecule has 0 spiro atoms. The molecule has 0 aromatic heterocycles. The van der Waals surface area contributed by atoms with Crippen molar-refractivity contribution < 1.29 is 13.9 Å². The minimum atomic E-state index is -0.348. The molecule has 1 heterocycles. The number of rotatable bonds is 4. The van der Waals surface area contributed by atoms with Gasteiger partial charge in [-0.1, -0.05) is 6.07 Å². The van der Waals surface area contributed by atoms with Crippen molar-refractivity contribution in [1.82, 2.24) is 10.6 Å². The molecular weight excluding hydrogens is 235 g/mol. The second-order valence-electron chi connectivity index (χ2n) is 4.27. The number of methoxy groups -OCH3 is 1. The largest absolute Gasteiger partial charge is 0.494 e. The van der Waals surface area contributed by atoms with E-state index < -0.39 is 0 Å². The van der Waals surface area contributed by atoms with Crippen LogP contribution in [-0.2, 0) is 4.74 Å². The van der Waals surface area contributed by atoms with E-state index in [0.717, 1.165) is 18.7 Å². The lowest BCUT2D eigenvalue weighted by Gasteiger charge is -2.31. The smallest absolute Gasteiger partial charge is 0.165 e. The molecular formula is C13H19FN2O2. The summed E-state index contributed by atoms with van der Waals surface area (Å²) in [6, 6.07) is 4.97. The monoisotopic (exact) mass is 254 g/mol. The van der Waals surface area contributed by atoms with Crippen LogP contribution in [0.1, 0.15) is 11.6 Å². The number of ether oxygens (including phenoxy) is 2. The van der Waals surface area contributed by atoms with Crippen LogP contribution in [0.2, 0.25) is 0 Å². The van der Waals surface area contributed by atoms with Crippen LogP contribution in [0.15, 0.2) is 18.2 Å². The third kappa shape index (κ3) is 2.80. The molecule has 2 rings (SSSR count). The summed E-state index contributed by atoms with van der Waals surface area (Å²) in [5.74, 6) is -0.0877. The first-order valence-electron chi connectivity index (χ1n) is 6.09. The average Bonchev–Trinajstić information content (AvgIpc) is 2.41. The predicted octanol–water partition coefficient (Wildman–Crippen LogP) is 1.08. The Morgan fingerprint density at radius 3 is 2.94 bits per heavy atom. The van der Waals surface area contributed by atoms with Crippen LogP contribution in [0.4, 0.5) is 4.39 Å². The molecule has 1 saturated heterocycles. The number of halogens is 1. The zero-order valence-electron chi connectivity index (χ0n) is 10.7. The molecule has 1 aromatic rings. The molecule has 0 aliphatic carbocycles. The SMILES string of the molecule is CNC(c1ccc(OC)c(F)c1)C1CNCCO1. The van der Waals surface area contributed by atoms with Gasteiger partial charge in [0.25, 0.3) is 0 Å². The highest BCUT2D eigenvalue weighted by Gasteiger charge is 2.25. The Labute approximate surface area is 106 Å². The number of likely N-dealkylation sites (N-methyl/N-ethyl adjacent to an activating group) is 1. The molecule has 1 aliphatic rings. The van der Waals surface area contributed by atoms with Gasteiger partial charge in [-0.05, 0) is 24.7 Å². The van der Waals surface area contributed by atoms with Crippen LogP contribution in [0.25, 0.3) is 0 Å². The number of morpholine rings is 1. The highest BCUT2D eigenvalue weighted by molar-refractivity contribution is 5.31. The summed E-state index contributed by atoms with van der Waals surface area (Å²) in [5, 5.41) is 6.45. The van der Waals surface area contributed by atoms with Crippen molar-refractivity contribution in [3.63, 3.8) is 0 Å². The normalized spacial score (nSPS) is 21.6. The fraction of sp³-hybridized carbons (Fsp3) is 0.538. The Morgan fingerprint density at radius 2 is 2.39 bits per heavy atom. The molecule has 4 nitrogen and oxygen atoms in total. The standard InChI is InChI=1S/C13H19FN2O2/c1-15-13(12-8-16-5-6-18-12)9-3-4-11(17-2)10(14)7-9/h3-4,7,12-13,15-16H,5-6,8H2,1-2H3. The van der Waals surface area contributed by atoms with E-state index >= 15 is 0 Å². The number of hydrogen-bond acceptors (Lipinski definition) is 4. The summed E-state index contributed by atoms with van der Waals surface area (Å²) in [4.78, 5) is 0. The van der Waals surface area contributed by atoms with Gasteiger partial charge in [0.2, 0.25) is 0 Å². The quantitative estimate of drug-likeness (QED) is 0.844. The molecule has 0 radical (unpaired) electrons. The number of benzene rings is 1. The Balaban J connectivity index is 2.18. The summed E-state index contributed by atoms with van der Waals surface area (Å²) in [6.07, 6.45) is 0.0107. The van der Waals surface area contributed by atoms with Crippen molar-refractivity contribution in [3.05, 3.63) is 29.6 Å².